The molecular weight excluding hydrogens is 374 g/mol. The second kappa shape index (κ2) is 9.17. The van der Waals surface area contributed by atoms with Crippen LogP contribution < -0.4 is 15.8 Å². The van der Waals surface area contributed by atoms with Crippen molar-refractivity contribution in [2.24, 2.45) is 11.1 Å². The van der Waals surface area contributed by atoms with Crippen LogP contribution in [0, 0.1) is 12.3 Å². The number of nitrogens with two attached hydrogens (primary N) is 1. The van der Waals surface area contributed by atoms with Gasteiger partial charge in [-0.2, -0.15) is 0 Å². The van der Waals surface area contributed by atoms with Crippen LogP contribution in [0.3, 0.4) is 0 Å². The molecule has 0 bridgehead atoms. The fourth-order valence-corrected chi connectivity index (χ4v) is 4.33. The fraction of sp³-hybridized carbons (Fsp3) is 0.611. The Labute approximate surface area is 163 Å². The number of aryl methyl sites for hydroxylation is 1. The molecule has 0 aliphatic heterocycles. The Kier molecular flexibility index (Phi) is 8.76. The van der Waals surface area contributed by atoms with Crippen LogP contribution in [0.25, 0.3) is 0 Å². The van der Waals surface area contributed by atoms with E-state index in [0.717, 1.165) is 0 Å². The van der Waals surface area contributed by atoms with Gasteiger partial charge in [0, 0.05) is 17.8 Å². The molecule has 150 valence electrons. The summed E-state index contributed by atoms with van der Waals surface area (Å²) in [5.74, 6) is -0.184. The Morgan fingerprint density at radius 1 is 1.15 bits per heavy atom. The van der Waals surface area contributed by atoms with Gasteiger partial charge < -0.3 is 11.1 Å². The smallest absolute Gasteiger partial charge is 0.241 e. The molecule has 26 heavy (non-hydrogen) atoms. The Morgan fingerprint density at radius 3 is 2.12 bits per heavy atom. The fourth-order valence-electron chi connectivity index (χ4n) is 2.64. The van der Waals surface area contributed by atoms with E-state index in [-0.39, 0.29) is 29.8 Å². The summed E-state index contributed by atoms with van der Waals surface area (Å²) in [5, 5.41) is 2.83. The first kappa shape index (κ1) is 24.8. The van der Waals surface area contributed by atoms with Crippen molar-refractivity contribution in [2.75, 3.05) is 11.9 Å². The van der Waals surface area contributed by atoms with Crippen LogP contribution in [0.2, 0.25) is 0 Å². The van der Waals surface area contributed by atoms with Crippen LogP contribution >= 0.6 is 12.4 Å². The van der Waals surface area contributed by atoms with E-state index in [1.54, 1.807) is 39.8 Å². The van der Waals surface area contributed by atoms with Crippen LogP contribution in [0.1, 0.15) is 53.0 Å². The molecule has 0 spiro atoms. The minimum Gasteiger partial charge on any atom is -0.329 e. The van der Waals surface area contributed by atoms with Crippen molar-refractivity contribution >= 4 is 34.0 Å². The third kappa shape index (κ3) is 5.94. The average molecular weight is 406 g/mol. The molecule has 0 aliphatic carbocycles. The van der Waals surface area contributed by atoms with Gasteiger partial charge in [0.05, 0.1) is 10.3 Å². The Hall–Kier alpha value is -1.15. The van der Waals surface area contributed by atoms with E-state index in [2.05, 4.69) is 10.0 Å². The van der Waals surface area contributed by atoms with E-state index >= 15 is 0 Å². The predicted molar refractivity (Wildman–Crippen MR) is 109 cm³/mol. The summed E-state index contributed by atoms with van der Waals surface area (Å²) < 4.78 is 27.9. The summed E-state index contributed by atoms with van der Waals surface area (Å²) in [5.41, 5.74) is 5.64. The maximum absolute atomic E-state index is 12.6. The lowest BCUT2D eigenvalue weighted by Gasteiger charge is -2.28. The van der Waals surface area contributed by atoms with Gasteiger partial charge in [0.15, 0.2) is 0 Å². The molecule has 1 rings (SSSR count). The van der Waals surface area contributed by atoms with Gasteiger partial charge in [-0.1, -0.05) is 19.9 Å². The molecule has 1 aromatic carbocycles. The molecule has 0 fully saturated rings. The topological polar surface area (TPSA) is 101 Å². The highest BCUT2D eigenvalue weighted by atomic mass is 35.5. The highest BCUT2D eigenvalue weighted by Gasteiger charge is 2.33. The van der Waals surface area contributed by atoms with Crippen molar-refractivity contribution in [3.05, 3.63) is 23.8 Å². The SMILES string of the molecule is CCC(CC)(CN)C(=O)Nc1ccc(C)c(S(=O)(=O)NC(C)(C)C)c1.Cl. The third-order valence-electron chi connectivity index (χ3n) is 4.40. The minimum absolute atomic E-state index is 0. The molecule has 0 unspecified atom stereocenters. The lowest BCUT2D eigenvalue weighted by atomic mass is 9.81. The van der Waals surface area contributed by atoms with Crippen molar-refractivity contribution < 1.29 is 13.2 Å². The van der Waals surface area contributed by atoms with E-state index in [4.69, 9.17) is 5.73 Å². The van der Waals surface area contributed by atoms with E-state index in [1.807, 2.05) is 13.8 Å². The highest BCUT2D eigenvalue weighted by molar-refractivity contribution is 7.89. The average Bonchev–Trinajstić information content (AvgIpc) is 2.49. The summed E-state index contributed by atoms with van der Waals surface area (Å²) in [6.45, 7) is 11.2. The van der Waals surface area contributed by atoms with E-state index < -0.39 is 21.0 Å². The number of halogens is 1. The Bertz CT molecular complexity index is 715. The highest BCUT2D eigenvalue weighted by Crippen LogP contribution is 2.28. The molecule has 6 nitrogen and oxygen atoms in total. The molecule has 0 heterocycles. The largest absolute Gasteiger partial charge is 0.329 e. The van der Waals surface area contributed by atoms with Crippen molar-refractivity contribution in [1.82, 2.24) is 4.72 Å². The summed E-state index contributed by atoms with van der Waals surface area (Å²) in [7, 11) is -3.69. The van der Waals surface area contributed by atoms with Gasteiger partial charge in [0.1, 0.15) is 0 Å². The number of hydrogen-bond acceptors (Lipinski definition) is 4. The first-order chi connectivity index (χ1) is 11.4. The van der Waals surface area contributed by atoms with E-state index in [1.165, 1.54) is 6.07 Å². The number of benzene rings is 1. The Morgan fingerprint density at radius 2 is 1.69 bits per heavy atom. The zero-order chi connectivity index (χ0) is 19.5. The molecule has 0 saturated carbocycles. The minimum atomic E-state index is -3.69. The predicted octanol–water partition coefficient (Wildman–Crippen LogP) is 3.20. The first-order valence-corrected chi connectivity index (χ1v) is 10.1. The van der Waals surface area contributed by atoms with E-state index in [9.17, 15) is 13.2 Å². The summed E-state index contributed by atoms with van der Waals surface area (Å²) in [4.78, 5) is 12.8. The van der Waals surface area contributed by atoms with Gasteiger partial charge in [0.2, 0.25) is 15.9 Å². The van der Waals surface area contributed by atoms with Gasteiger partial charge in [-0.3, -0.25) is 4.79 Å². The number of carbonyl (C=O) groups is 1. The van der Waals surface area contributed by atoms with Gasteiger partial charge in [0.25, 0.3) is 0 Å². The number of nitrogens with one attached hydrogen (secondary N) is 2. The van der Waals surface area contributed by atoms with Crippen molar-refractivity contribution in [3.63, 3.8) is 0 Å². The summed E-state index contributed by atoms with van der Waals surface area (Å²) in [6.07, 6.45) is 1.24. The normalized spacial score (nSPS) is 12.4. The number of carbonyl (C=O) groups excluding carboxylic acids is 1. The van der Waals surface area contributed by atoms with Crippen molar-refractivity contribution in [3.8, 4) is 0 Å². The van der Waals surface area contributed by atoms with Gasteiger partial charge in [-0.25, -0.2) is 13.1 Å². The lowest BCUT2D eigenvalue weighted by Crippen LogP contribution is -2.42. The number of rotatable bonds is 7. The first-order valence-electron chi connectivity index (χ1n) is 8.57. The summed E-state index contributed by atoms with van der Waals surface area (Å²) in [6, 6.07) is 4.89. The third-order valence-corrected chi connectivity index (χ3v) is 6.30. The second-order valence-corrected chi connectivity index (χ2v) is 9.13. The quantitative estimate of drug-likeness (QED) is 0.648. The maximum atomic E-state index is 12.6. The number of sulfonamides is 1. The van der Waals surface area contributed by atoms with Crippen LogP contribution in [0.5, 0.6) is 0 Å². The molecule has 1 amide bonds. The summed E-state index contributed by atoms with van der Waals surface area (Å²) >= 11 is 0. The standard InChI is InChI=1S/C18H31N3O3S.ClH/c1-7-18(8-2,12-19)16(22)20-14-10-9-13(3)15(11-14)25(23,24)21-17(4,5)6;/h9-11,21H,7-8,12,19H2,1-6H3,(H,20,22);1H. The van der Waals surface area contributed by atoms with Gasteiger partial charge in [-0.15, -0.1) is 12.4 Å². The Balaban J connectivity index is 0.00000625. The molecule has 8 heteroatoms. The van der Waals surface area contributed by atoms with E-state index in [0.29, 0.717) is 24.1 Å². The number of anilines is 1. The molecule has 0 saturated heterocycles. The molecular formula is C18H32ClN3O3S. The van der Waals surface area contributed by atoms with Crippen LogP contribution in [0.15, 0.2) is 23.1 Å². The van der Waals surface area contributed by atoms with Gasteiger partial charge >= 0.3 is 0 Å². The van der Waals surface area contributed by atoms with Crippen molar-refractivity contribution in [2.45, 2.75) is 64.8 Å². The number of hydrogen-bond donors (Lipinski definition) is 3. The molecule has 0 aliphatic rings. The zero-order valence-corrected chi connectivity index (χ0v) is 18.1. The van der Waals surface area contributed by atoms with Crippen LogP contribution in [0.4, 0.5) is 5.69 Å². The zero-order valence-electron chi connectivity index (χ0n) is 16.5. The van der Waals surface area contributed by atoms with Crippen LogP contribution in [-0.4, -0.2) is 26.4 Å². The monoisotopic (exact) mass is 405 g/mol. The maximum Gasteiger partial charge on any atom is 0.241 e. The lowest BCUT2D eigenvalue weighted by molar-refractivity contribution is -0.125. The molecule has 0 radical (unpaired) electrons. The van der Waals surface area contributed by atoms with Crippen molar-refractivity contribution in [1.29, 1.82) is 0 Å². The molecule has 0 atom stereocenters. The molecule has 0 aromatic heterocycles. The molecule has 4 N–H and O–H groups in total. The molecule has 1 aromatic rings. The van der Waals surface area contributed by atoms with Crippen LogP contribution in [-0.2, 0) is 14.8 Å². The second-order valence-electron chi connectivity index (χ2n) is 7.48. The van der Waals surface area contributed by atoms with Gasteiger partial charge in [-0.05, 0) is 58.2 Å². The number of amides is 1.